The lowest BCUT2D eigenvalue weighted by atomic mass is 10.2. The highest BCUT2D eigenvalue weighted by Gasteiger charge is 2.25. The summed E-state index contributed by atoms with van der Waals surface area (Å²) in [7, 11) is 2.22. The van der Waals surface area contributed by atoms with Gasteiger partial charge in [0.05, 0.1) is 11.7 Å². The summed E-state index contributed by atoms with van der Waals surface area (Å²) >= 11 is 0. The molecule has 1 saturated carbocycles. The Balaban J connectivity index is 1.50. The molecule has 3 rings (SSSR count). The summed E-state index contributed by atoms with van der Waals surface area (Å²) in [6, 6.07) is 7.02. The Bertz CT molecular complexity index is 515. The highest BCUT2D eigenvalue weighted by Crippen LogP contribution is 2.24. The maximum Gasteiger partial charge on any atom is 0.0706 e. The normalized spacial score (nSPS) is 15.7. The number of rotatable bonds is 6. The lowest BCUT2D eigenvalue weighted by molar-refractivity contribution is 0.321. The van der Waals surface area contributed by atoms with Crippen molar-refractivity contribution in [3.63, 3.8) is 0 Å². The van der Waals surface area contributed by atoms with Gasteiger partial charge in [-0.2, -0.15) is 5.10 Å². The van der Waals surface area contributed by atoms with E-state index in [2.05, 4.69) is 34.5 Å². The molecular formula is C14H20N4. The van der Waals surface area contributed by atoms with Crippen molar-refractivity contribution in [3.8, 4) is 0 Å². The molecule has 1 aliphatic carbocycles. The maximum atomic E-state index is 4.34. The number of nitrogens with one attached hydrogen (secondary N) is 1. The fraction of sp³-hybridized carbons (Fsp3) is 0.500. The molecule has 0 saturated heterocycles. The van der Waals surface area contributed by atoms with Gasteiger partial charge in [-0.05, 0) is 32.0 Å². The van der Waals surface area contributed by atoms with E-state index in [4.69, 9.17) is 0 Å². The van der Waals surface area contributed by atoms with E-state index in [9.17, 15) is 0 Å². The topological polar surface area (TPSA) is 32.6 Å². The minimum atomic E-state index is 0.851. The largest absolute Gasteiger partial charge is 0.311 e. The highest BCUT2D eigenvalue weighted by molar-refractivity contribution is 5.53. The summed E-state index contributed by atoms with van der Waals surface area (Å²) < 4.78 is 1.92. The van der Waals surface area contributed by atoms with Crippen molar-refractivity contribution in [3.05, 3.63) is 36.2 Å². The third kappa shape index (κ3) is 2.54. The molecule has 0 atom stereocenters. The van der Waals surface area contributed by atoms with Crippen LogP contribution in [0.4, 0.5) is 0 Å². The Hall–Kier alpha value is -1.39. The van der Waals surface area contributed by atoms with Crippen molar-refractivity contribution >= 4 is 5.52 Å². The molecule has 4 heteroatoms. The molecule has 4 nitrogen and oxygen atoms in total. The van der Waals surface area contributed by atoms with Crippen LogP contribution >= 0.6 is 0 Å². The summed E-state index contributed by atoms with van der Waals surface area (Å²) in [6.45, 7) is 3.06. The first kappa shape index (κ1) is 11.7. The summed E-state index contributed by atoms with van der Waals surface area (Å²) in [5, 5.41) is 7.84. The molecule has 18 heavy (non-hydrogen) atoms. The van der Waals surface area contributed by atoms with Crippen molar-refractivity contribution in [2.45, 2.75) is 25.4 Å². The molecule has 0 radical (unpaired) electrons. The third-order valence-electron chi connectivity index (χ3n) is 3.63. The fourth-order valence-electron chi connectivity index (χ4n) is 2.30. The van der Waals surface area contributed by atoms with E-state index >= 15 is 0 Å². The van der Waals surface area contributed by atoms with Crippen LogP contribution in [0, 0.1) is 0 Å². The van der Waals surface area contributed by atoms with Crippen molar-refractivity contribution in [2.75, 3.05) is 20.1 Å². The van der Waals surface area contributed by atoms with E-state index in [-0.39, 0.29) is 0 Å². The third-order valence-corrected chi connectivity index (χ3v) is 3.63. The standard InChI is InChI=1S/C14H20N4/c1-17(13-5-6-13)9-7-15-10-12-11-16-18-8-3-2-4-14(12)18/h2-4,8,11,13,15H,5-7,9-10H2,1H3. The zero-order chi connectivity index (χ0) is 12.4. The quantitative estimate of drug-likeness (QED) is 0.782. The molecule has 0 aliphatic heterocycles. The average Bonchev–Trinajstić information content (AvgIpc) is 3.17. The molecule has 2 aromatic rings. The number of pyridine rings is 1. The van der Waals surface area contributed by atoms with Crippen LogP contribution in [0.15, 0.2) is 30.6 Å². The van der Waals surface area contributed by atoms with Gasteiger partial charge in [-0.3, -0.25) is 0 Å². The van der Waals surface area contributed by atoms with Gasteiger partial charge in [-0.1, -0.05) is 6.07 Å². The van der Waals surface area contributed by atoms with Crippen molar-refractivity contribution < 1.29 is 0 Å². The van der Waals surface area contributed by atoms with Crippen LogP contribution in [-0.2, 0) is 6.54 Å². The van der Waals surface area contributed by atoms with Crippen LogP contribution in [0.5, 0.6) is 0 Å². The minimum Gasteiger partial charge on any atom is -0.311 e. The van der Waals surface area contributed by atoms with E-state index in [0.29, 0.717) is 0 Å². The Morgan fingerprint density at radius 3 is 3.17 bits per heavy atom. The smallest absolute Gasteiger partial charge is 0.0706 e. The summed E-state index contributed by atoms with van der Waals surface area (Å²) in [6.07, 6.45) is 6.70. The van der Waals surface area contributed by atoms with Gasteiger partial charge in [0.1, 0.15) is 0 Å². The van der Waals surface area contributed by atoms with Crippen molar-refractivity contribution in [1.82, 2.24) is 19.8 Å². The number of hydrogen-bond acceptors (Lipinski definition) is 3. The van der Waals surface area contributed by atoms with Gasteiger partial charge in [0, 0.05) is 37.4 Å². The number of aromatic nitrogens is 2. The predicted molar refractivity (Wildman–Crippen MR) is 72.6 cm³/mol. The minimum absolute atomic E-state index is 0.851. The zero-order valence-corrected chi connectivity index (χ0v) is 10.8. The number of likely N-dealkylation sites (N-methyl/N-ethyl adjacent to an activating group) is 1. The molecule has 0 unspecified atom stereocenters. The molecule has 2 aromatic heterocycles. The average molecular weight is 244 g/mol. The predicted octanol–water partition coefficient (Wildman–Crippen LogP) is 1.52. The highest BCUT2D eigenvalue weighted by atomic mass is 15.2. The second-order valence-corrected chi connectivity index (χ2v) is 5.09. The van der Waals surface area contributed by atoms with Gasteiger partial charge >= 0.3 is 0 Å². The van der Waals surface area contributed by atoms with Gasteiger partial charge in [0.25, 0.3) is 0 Å². The second-order valence-electron chi connectivity index (χ2n) is 5.09. The van der Waals surface area contributed by atoms with E-state index in [1.807, 2.05) is 23.0 Å². The van der Waals surface area contributed by atoms with Gasteiger partial charge in [0.2, 0.25) is 0 Å². The Morgan fingerprint density at radius 1 is 1.44 bits per heavy atom. The van der Waals surface area contributed by atoms with E-state index in [1.165, 1.54) is 23.9 Å². The lowest BCUT2D eigenvalue weighted by Crippen LogP contribution is -2.30. The van der Waals surface area contributed by atoms with Crippen LogP contribution < -0.4 is 5.32 Å². The number of fused-ring (bicyclic) bond motifs is 1. The molecule has 0 amide bonds. The molecule has 0 spiro atoms. The van der Waals surface area contributed by atoms with Crippen LogP contribution in [0.3, 0.4) is 0 Å². The number of nitrogens with zero attached hydrogens (tertiary/aromatic N) is 3. The Labute approximate surface area is 108 Å². The summed E-state index contributed by atoms with van der Waals surface area (Å²) in [5.41, 5.74) is 2.46. The van der Waals surface area contributed by atoms with Crippen LogP contribution in [0.2, 0.25) is 0 Å². The van der Waals surface area contributed by atoms with E-state index < -0.39 is 0 Å². The number of hydrogen-bond donors (Lipinski definition) is 1. The lowest BCUT2D eigenvalue weighted by Gasteiger charge is -2.15. The first-order valence-electron chi connectivity index (χ1n) is 6.67. The maximum absolute atomic E-state index is 4.34. The van der Waals surface area contributed by atoms with Gasteiger partial charge in [0.15, 0.2) is 0 Å². The van der Waals surface area contributed by atoms with Crippen molar-refractivity contribution in [2.24, 2.45) is 0 Å². The molecule has 0 aromatic carbocycles. The van der Waals surface area contributed by atoms with Crippen molar-refractivity contribution in [1.29, 1.82) is 0 Å². The Kier molecular flexibility index (Phi) is 3.30. The fourth-order valence-corrected chi connectivity index (χ4v) is 2.30. The SMILES string of the molecule is CN(CCNCc1cnn2ccccc12)C1CC1. The zero-order valence-electron chi connectivity index (χ0n) is 10.8. The molecular weight excluding hydrogens is 224 g/mol. The Morgan fingerprint density at radius 2 is 2.33 bits per heavy atom. The molecule has 0 bridgehead atoms. The van der Waals surface area contributed by atoms with E-state index in [0.717, 1.165) is 25.7 Å². The summed E-state index contributed by atoms with van der Waals surface area (Å²) in [4.78, 5) is 2.45. The van der Waals surface area contributed by atoms with Gasteiger partial charge in [-0.25, -0.2) is 4.52 Å². The molecule has 1 fully saturated rings. The summed E-state index contributed by atoms with van der Waals surface area (Å²) in [5.74, 6) is 0. The molecule has 1 aliphatic rings. The van der Waals surface area contributed by atoms with Crippen LogP contribution in [0.1, 0.15) is 18.4 Å². The second kappa shape index (κ2) is 5.08. The molecule has 1 N–H and O–H groups in total. The molecule has 96 valence electrons. The monoisotopic (exact) mass is 244 g/mol. The first-order chi connectivity index (χ1) is 8.84. The first-order valence-corrected chi connectivity index (χ1v) is 6.67. The molecule has 2 heterocycles. The van der Waals surface area contributed by atoms with Crippen LogP contribution in [-0.4, -0.2) is 40.7 Å². The van der Waals surface area contributed by atoms with Crippen LogP contribution in [0.25, 0.3) is 5.52 Å². The van der Waals surface area contributed by atoms with Gasteiger partial charge < -0.3 is 10.2 Å². The van der Waals surface area contributed by atoms with Gasteiger partial charge in [-0.15, -0.1) is 0 Å². The van der Waals surface area contributed by atoms with E-state index in [1.54, 1.807) is 0 Å².